The third-order valence-corrected chi connectivity index (χ3v) is 4.84. The zero-order valence-corrected chi connectivity index (χ0v) is 18.5. The first-order valence-corrected chi connectivity index (χ1v) is 9.61. The summed E-state index contributed by atoms with van der Waals surface area (Å²) in [7, 11) is 1.85. The lowest BCUT2D eigenvalue weighted by molar-refractivity contribution is 0.0168. The summed E-state index contributed by atoms with van der Waals surface area (Å²) >= 11 is 0. The Labute approximate surface area is 178 Å². The molecule has 2 aliphatic rings. The van der Waals surface area contributed by atoms with Crippen LogP contribution in [0.15, 0.2) is 21.8 Å². The Hall–Kier alpha value is -0.910. The lowest BCUT2D eigenvalue weighted by atomic mass is 10.2. The van der Waals surface area contributed by atoms with E-state index in [-0.39, 0.29) is 24.0 Å². The quantitative estimate of drug-likeness (QED) is 0.255. The molecule has 3 rings (SSSR count). The standard InChI is InChI=1S/C18H31N5O3.HI/c1-19-18(20-6-3-11-24-15-17-4-2-12-25-17)23-9-7-22(8-10-23)14-16-5-13-26-21-16;/h5,13,17H,2-4,6-12,14-15H2,1H3,(H,19,20);1H. The summed E-state index contributed by atoms with van der Waals surface area (Å²) in [5.41, 5.74) is 0.990. The summed E-state index contributed by atoms with van der Waals surface area (Å²) in [5, 5.41) is 7.43. The van der Waals surface area contributed by atoms with E-state index in [0.717, 1.165) is 90.0 Å². The minimum atomic E-state index is 0. The molecule has 27 heavy (non-hydrogen) atoms. The Bertz CT molecular complexity index is 529. The first kappa shape index (κ1) is 22.4. The van der Waals surface area contributed by atoms with Gasteiger partial charge in [0.1, 0.15) is 6.26 Å². The average Bonchev–Trinajstić information content (AvgIpc) is 3.36. The summed E-state index contributed by atoms with van der Waals surface area (Å²) in [6.45, 7) is 8.02. The molecule has 1 unspecified atom stereocenters. The van der Waals surface area contributed by atoms with Crippen molar-refractivity contribution in [2.24, 2.45) is 4.99 Å². The maximum Gasteiger partial charge on any atom is 0.193 e. The Balaban J connectivity index is 0.00000261. The van der Waals surface area contributed by atoms with Crippen LogP contribution in [0.4, 0.5) is 0 Å². The summed E-state index contributed by atoms with van der Waals surface area (Å²) < 4.78 is 16.2. The van der Waals surface area contributed by atoms with E-state index in [2.05, 4.69) is 25.3 Å². The van der Waals surface area contributed by atoms with Crippen LogP contribution in [0.3, 0.4) is 0 Å². The second-order valence-corrected chi connectivity index (χ2v) is 6.79. The molecule has 0 spiro atoms. The number of aromatic nitrogens is 1. The monoisotopic (exact) mass is 493 g/mol. The van der Waals surface area contributed by atoms with Crippen molar-refractivity contribution in [1.82, 2.24) is 20.3 Å². The molecule has 3 heterocycles. The molecule has 154 valence electrons. The highest BCUT2D eigenvalue weighted by molar-refractivity contribution is 14.0. The number of hydrogen-bond acceptors (Lipinski definition) is 6. The van der Waals surface area contributed by atoms with Crippen molar-refractivity contribution in [1.29, 1.82) is 0 Å². The van der Waals surface area contributed by atoms with E-state index in [4.69, 9.17) is 14.0 Å². The molecule has 8 nitrogen and oxygen atoms in total. The van der Waals surface area contributed by atoms with Gasteiger partial charge in [0.25, 0.3) is 0 Å². The minimum absolute atomic E-state index is 0. The van der Waals surface area contributed by atoms with Gasteiger partial charge in [-0.1, -0.05) is 5.16 Å². The van der Waals surface area contributed by atoms with Gasteiger partial charge in [0, 0.05) is 65.6 Å². The Kier molecular flexibility index (Phi) is 10.4. The molecule has 0 bridgehead atoms. The molecule has 2 fully saturated rings. The van der Waals surface area contributed by atoms with Gasteiger partial charge in [-0.2, -0.15) is 0 Å². The number of nitrogens with one attached hydrogen (secondary N) is 1. The molecule has 2 saturated heterocycles. The van der Waals surface area contributed by atoms with Gasteiger partial charge in [0.05, 0.1) is 18.4 Å². The fourth-order valence-corrected chi connectivity index (χ4v) is 3.36. The van der Waals surface area contributed by atoms with E-state index in [1.54, 1.807) is 6.26 Å². The van der Waals surface area contributed by atoms with Crippen molar-refractivity contribution in [3.63, 3.8) is 0 Å². The van der Waals surface area contributed by atoms with Crippen LogP contribution >= 0.6 is 24.0 Å². The van der Waals surface area contributed by atoms with E-state index in [1.807, 2.05) is 13.1 Å². The molecule has 1 atom stereocenters. The third-order valence-electron chi connectivity index (χ3n) is 4.84. The zero-order chi connectivity index (χ0) is 18.0. The van der Waals surface area contributed by atoms with E-state index in [0.29, 0.717) is 6.10 Å². The highest BCUT2D eigenvalue weighted by atomic mass is 127. The largest absolute Gasteiger partial charge is 0.379 e. The fraction of sp³-hybridized carbons (Fsp3) is 0.778. The SMILES string of the molecule is CN=C(NCCCOCC1CCCO1)N1CCN(Cc2ccon2)CC1.I. The van der Waals surface area contributed by atoms with Crippen LogP contribution in [0.5, 0.6) is 0 Å². The molecular formula is C18H32IN5O3. The Morgan fingerprint density at radius 2 is 2.22 bits per heavy atom. The summed E-state index contributed by atoms with van der Waals surface area (Å²) in [4.78, 5) is 9.12. The van der Waals surface area contributed by atoms with E-state index < -0.39 is 0 Å². The summed E-state index contributed by atoms with van der Waals surface area (Å²) in [5.74, 6) is 0.977. The Morgan fingerprint density at radius 3 is 2.89 bits per heavy atom. The number of ether oxygens (including phenoxy) is 2. The third kappa shape index (κ3) is 7.55. The van der Waals surface area contributed by atoms with Crippen LogP contribution in [0.1, 0.15) is 25.0 Å². The second kappa shape index (κ2) is 12.5. The maximum absolute atomic E-state index is 5.70. The Morgan fingerprint density at radius 1 is 1.37 bits per heavy atom. The molecule has 0 radical (unpaired) electrons. The topological polar surface area (TPSA) is 75.4 Å². The number of halogens is 1. The van der Waals surface area contributed by atoms with Crippen molar-refractivity contribution in [2.75, 3.05) is 59.6 Å². The van der Waals surface area contributed by atoms with Crippen molar-refractivity contribution in [3.05, 3.63) is 18.0 Å². The van der Waals surface area contributed by atoms with E-state index >= 15 is 0 Å². The fourth-order valence-electron chi connectivity index (χ4n) is 3.36. The average molecular weight is 493 g/mol. The van der Waals surface area contributed by atoms with Gasteiger partial charge < -0.3 is 24.2 Å². The molecule has 1 aromatic heterocycles. The van der Waals surface area contributed by atoms with Crippen LogP contribution in [0.2, 0.25) is 0 Å². The molecule has 0 aliphatic carbocycles. The van der Waals surface area contributed by atoms with Gasteiger partial charge in [-0.3, -0.25) is 9.89 Å². The minimum Gasteiger partial charge on any atom is -0.379 e. The highest BCUT2D eigenvalue weighted by Crippen LogP contribution is 2.12. The van der Waals surface area contributed by atoms with Gasteiger partial charge in [-0.05, 0) is 19.3 Å². The van der Waals surface area contributed by atoms with E-state index in [1.165, 1.54) is 0 Å². The van der Waals surface area contributed by atoms with Crippen molar-refractivity contribution in [3.8, 4) is 0 Å². The van der Waals surface area contributed by atoms with Crippen molar-refractivity contribution < 1.29 is 14.0 Å². The summed E-state index contributed by atoms with van der Waals surface area (Å²) in [6.07, 6.45) is 5.20. The predicted molar refractivity (Wildman–Crippen MR) is 115 cm³/mol. The predicted octanol–water partition coefficient (Wildman–Crippen LogP) is 1.57. The molecule has 1 N–H and O–H groups in total. The highest BCUT2D eigenvalue weighted by Gasteiger charge is 2.20. The normalized spacial score (nSPS) is 21.3. The van der Waals surface area contributed by atoms with Gasteiger partial charge >= 0.3 is 0 Å². The smallest absolute Gasteiger partial charge is 0.193 e. The molecule has 2 aliphatic heterocycles. The van der Waals surface area contributed by atoms with Crippen molar-refractivity contribution >= 4 is 29.9 Å². The van der Waals surface area contributed by atoms with Crippen LogP contribution in [-0.2, 0) is 16.0 Å². The number of guanidine groups is 1. The van der Waals surface area contributed by atoms with Gasteiger partial charge in [0.2, 0.25) is 0 Å². The first-order valence-electron chi connectivity index (χ1n) is 9.61. The van der Waals surface area contributed by atoms with Crippen LogP contribution in [-0.4, -0.2) is 86.6 Å². The second-order valence-electron chi connectivity index (χ2n) is 6.79. The van der Waals surface area contributed by atoms with E-state index in [9.17, 15) is 0 Å². The lowest BCUT2D eigenvalue weighted by Crippen LogP contribution is -2.52. The number of aliphatic imine (C=N–C) groups is 1. The summed E-state index contributed by atoms with van der Waals surface area (Å²) in [6, 6.07) is 1.92. The van der Waals surface area contributed by atoms with Gasteiger partial charge in [0.15, 0.2) is 5.96 Å². The zero-order valence-electron chi connectivity index (χ0n) is 16.1. The van der Waals surface area contributed by atoms with Crippen molar-refractivity contribution in [2.45, 2.75) is 31.9 Å². The molecule has 0 saturated carbocycles. The van der Waals surface area contributed by atoms with Gasteiger partial charge in [-0.15, -0.1) is 24.0 Å². The molecule has 9 heteroatoms. The number of hydrogen-bond donors (Lipinski definition) is 1. The maximum atomic E-state index is 5.70. The number of piperazine rings is 1. The molecule has 0 aromatic carbocycles. The first-order chi connectivity index (χ1) is 12.8. The van der Waals surface area contributed by atoms with Gasteiger partial charge in [-0.25, -0.2) is 0 Å². The number of rotatable bonds is 8. The molecular weight excluding hydrogens is 461 g/mol. The number of nitrogens with zero attached hydrogens (tertiary/aromatic N) is 4. The van der Waals surface area contributed by atoms with Crippen LogP contribution < -0.4 is 5.32 Å². The molecule has 0 amide bonds. The van der Waals surface area contributed by atoms with Crippen LogP contribution in [0, 0.1) is 0 Å². The molecule has 1 aromatic rings. The van der Waals surface area contributed by atoms with Crippen LogP contribution in [0.25, 0.3) is 0 Å². The lowest BCUT2D eigenvalue weighted by Gasteiger charge is -2.36.